The highest BCUT2D eigenvalue weighted by molar-refractivity contribution is 7.87. The molecular weight excluding hydrogens is 346 g/mol. The van der Waals surface area contributed by atoms with Crippen LogP contribution >= 0.6 is 0 Å². The molecule has 2 aliphatic rings. The van der Waals surface area contributed by atoms with E-state index in [2.05, 4.69) is 10.0 Å². The van der Waals surface area contributed by atoms with E-state index in [0.717, 1.165) is 18.2 Å². The molecule has 24 heavy (non-hydrogen) atoms. The molecule has 2 heterocycles. The molecule has 1 aromatic rings. The lowest BCUT2D eigenvalue weighted by molar-refractivity contribution is -0.144. The van der Waals surface area contributed by atoms with Crippen LogP contribution < -0.4 is 10.0 Å². The quantitative estimate of drug-likeness (QED) is 0.645. The second-order valence-electron chi connectivity index (χ2n) is 5.45. The van der Waals surface area contributed by atoms with Gasteiger partial charge in [0.1, 0.15) is 0 Å². The Morgan fingerprint density at radius 3 is 2.67 bits per heavy atom. The fourth-order valence-corrected chi connectivity index (χ4v) is 4.12. The van der Waals surface area contributed by atoms with Gasteiger partial charge in [-0.05, 0) is 12.1 Å². The summed E-state index contributed by atoms with van der Waals surface area (Å²) in [5, 5.41) is 2.20. The first-order valence-electron chi connectivity index (χ1n) is 7.09. The number of nitrogens with zero attached hydrogens (tertiary/aromatic N) is 2. The van der Waals surface area contributed by atoms with Gasteiger partial charge in [-0.15, -0.1) is 0 Å². The third-order valence-corrected chi connectivity index (χ3v) is 5.53. The summed E-state index contributed by atoms with van der Waals surface area (Å²) in [7, 11) is -3.51. The van der Waals surface area contributed by atoms with Gasteiger partial charge in [0, 0.05) is 37.9 Å². The number of amides is 2. The van der Waals surface area contributed by atoms with Crippen molar-refractivity contribution in [2.75, 3.05) is 31.5 Å². The summed E-state index contributed by atoms with van der Waals surface area (Å²) < 4.78 is 52.9. The molecule has 2 N–H and O–H groups in total. The number of rotatable bonds is 1. The summed E-state index contributed by atoms with van der Waals surface area (Å²) >= 11 is 0. The average molecular weight is 360 g/mol. The Morgan fingerprint density at radius 1 is 1.21 bits per heavy atom. The van der Waals surface area contributed by atoms with Crippen LogP contribution in [0, 0.1) is 11.6 Å². The summed E-state index contributed by atoms with van der Waals surface area (Å²) in [6.07, 6.45) is 0. The molecule has 8 nitrogen and oxygen atoms in total. The molecule has 0 spiro atoms. The maximum absolute atomic E-state index is 13.1. The van der Waals surface area contributed by atoms with Crippen molar-refractivity contribution < 1.29 is 26.8 Å². The number of fused-ring (bicyclic) bond motifs is 1. The number of piperazine rings is 1. The van der Waals surface area contributed by atoms with Crippen LogP contribution in [0.15, 0.2) is 18.2 Å². The monoisotopic (exact) mass is 360 g/mol. The number of benzene rings is 1. The molecule has 0 radical (unpaired) electrons. The average Bonchev–Trinajstić information content (AvgIpc) is 2.85. The van der Waals surface area contributed by atoms with Crippen LogP contribution in [0.4, 0.5) is 14.5 Å². The van der Waals surface area contributed by atoms with Crippen LogP contribution in [0.2, 0.25) is 0 Å². The molecule has 2 aliphatic heterocycles. The fourth-order valence-electron chi connectivity index (χ4n) is 2.69. The van der Waals surface area contributed by atoms with E-state index >= 15 is 0 Å². The molecule has 1 atom stereocenters. The highest BCUT2D eigenvalue weighted by atomic mass is 32.2. The molecular formula is C13H14F2N4O4S. The number of hydrogen-bond donors (Lipinski definition) is 2. The third-order valence-electron chi connectivity index (χ3n) is 3.90. The lowest BCUT2D eigenvalue weighted by atomic mass is 10.2. The van der Waals surface area contributed by atoms with Crippen molar-refractivity contribution in [3.8, 4) is 0 Å². The van der Waals surface area contributed by atoms with Crippen molar-refractivity contribution >= 4 is 27.7 Å². The topological polar surface area (TPSA) is 98.8 Å². The second-order valence-corrected chi connectivity index (χ2v) is 7.16. The van der Waals surface area contributed by atoms with Crippen LogP contribution in [0.1, 0.15) is 0 Å². The lowest BCUT2D eigenvalue weighted by Gasteiger charge is -2.34. The number of carbonyl (C=O) groups is 2. The predicted octanol–water partition coefficient (Wildman–Crippen LogP) is -0.736. The Labute approximate surface area is 136 Å². The lowest BCUT2D eigenvalue weighted by Crippen LogP contribution is -2.55. The first-order chi connectivity index (χ1) is 11.3. The zero-order valence-electron chi connectivity index (χ0n) is 12.3. The van der Waals surface area contributed by atoms with E-state index in [1.54, 1.807) is 0 Å². The Bertz CT molecular complexity index is 801. The second kappa shape index (κ2) is 6.07. The van der Waals surface area contributed by atoms with E-state index in [9.17, 15) is 26.8 Å². The Kier molecular flexibility index (Phi) is 4.24. The molecule has 130 valence electrons. The van der Waals surface area contributed by atoms with E-state index in [4.69, 9.17) is 0 Å². The highest BCUT2D eigenvalue weighted by Crippen LogP contribution is 2.19. The molecule has 0 aliphatic carbocycles. The molecule has 2 fully saturated rings. The van der Waals surface area contributed by atoms with Gasteiger partial charge in [0.25, 0.3) is 10.2 Å². The smallest absolute Gasteiger partial charge is 0.313 e. The largest absolute Gasteiger partial charge is 0.331 e. The molecule has 2 amide bonds. The van der Waals surface area contributed by atoms with Gasteiger partial charge in [0.05, 0.1) is 6.04 Å². The number of carbonyl (C=O) groups excluding carboxylic acids is 2. The van der Waals surface area contributed by atoms with E-state index < -0.39 is 39.7 Å². The van der Waals surface area contributed by atoms with Crippen molar-refractivity contribution in [2.45, 2.75) is 6.04 Å². The van der Waals surface area contributed by atoms with Crippen LogP contribution in [0.5, 0.6) is 0 Å². The summed E-state index contributed by atoms with van der Waals surface area (Å²) in [6, 6.07) is 2.31. The fraction of sp³-hybridized carbons (Fsp3) is 0.385. The van der Waals surface area contributed by atoms with Crippen molar-refractivity contribution in [1.82, 2.24) is 13.9 Å². The molecule has 3 rings (SSSR count). The first kappa shape index (κ1) is 16.7. The van der Waals surface area contributed by atoms with Crippen LogP contribution in [0.25, 0.3) is 0 Å². The van der Waals surface area contributed by atoms with E-state index in [0.29, 0.717) is 0 Å². The van der Waals surface area contributed by atoms with Gasteiger partial charge in [-0.3, -0.25) is 9.59 Å². The normalized spacial score (nSPS) is 22.9. The molecule has 2 saturated heterocycles. The Morgan fingerprint density at radius 2 is 1.96 bits per heavy atom. The minimum atomic E-state index is -3.51. The first-order valence-corrected chi connectivity index (χ1v) is 8.53. The maximum atomic E-state index is 13.1. The SMILES string of the molecule is O=C(Nc1ccc(F)c(F)c1)C(=O)N1CCN2C(CNS2(=O)=O)C1. The van der Waals surface area contributed by atoms with E-state index in [-0.39, 0.29) is 31.9 Å². The molecule has 11 heteroatoms. The maximum Gasteiger partial charge on any atom is 0.313 e. The van der Waals surface area contributed by atoms with Gasteiger partial charge in [-0.1, -0.05) is 0 Å². The van der Waals surface area contributed by atoms with Crippen molar-refractivity contribution in [1.29, 1.82) is 0 Å². The summed E-state index contributed by atoms with van der Waals surface area (Å²) in [5.41, 5.74) is -0.0454. The molecule has 1 unspecified atom stereocenters. The zero-order chi connectivity index (χ0) is 17.5. The van der Waals surface area contributed by atoms with Crippen LogP contribution in [0.3, 0.4) is 0 Å². The van der Waals surface area contributed by atoms with Gasteiger partial charge in [-0.25, -0.2) is 13.5 Å². The van der Waals surface area contributed by atoms with Crippen molar-refractivity contribution in [3.05, 3.63) is 29.8 Å². The number of nitrogens with one attached hydrogen (secondary N) is 2. The summed E-state index contributed by atoms with van der Waals surface area (Å²) in [5.74, 6) is -4.06. The van der Waals surface area contributed by atoms with Crippen LogP contribution in [-0.4, -0.2) is 61.7 Å². The van der Waals surface area contributed by atoms with Crippen molar-refractivity contribution in [2.24, 2.45) is 0 Å². The highest BCUT2D eigenvalue weighted by Gasteiger charge is 2.42. The standard InChI is InChI=1S/C13H14F2N4O4S/c14-10-2-1-8(5-11(10)15)17-12(20)13(21)18-3-4-19-9(7-18)6-16-24(19,22)23/h1-2,5,9,16H,3-4,6-7H2,(H,17,20). The minimum absolute atomic E-state index is 0.0454. The van der Waals surface area contributed by atoms with Crippen LogP contribution in [-0.2, 0) is 19.8 Å². The zero-order valence-corrected chi connectivity index (χ0v) is 13.1. The van der Waals surface area contributed by atoms with Gasteiger partial charge in [0.2, 0.25) is 0 Å². The summed E-state index contributed by atoms with van der Waals surface area (Å²) in [4.78, 5) is 25.4. The van der Waals surface area contributed by atoms with Gasteiger partial charge in [0.15, 0.2) is 11.6 Å². The number of halogens is 2. The molecule has 0 saturated carbocycles. The third kappa shape index (κ3) is 3.09. The van der Waals surface area contributed by atoms with E-state index in [1.807, 2.05) is 0 Å². The van der Waals surface area contributed by atoms with Gasteiger partial charge in [-0.2, -0.15) is 12.7 Å². The minimum Gasteiger partial charge on any atom is -0.331 e. The summed E-state index contributed by atoms with van der Waals surface area (Å²) in [6.45, 7) is 0.402. The Balaban J connectivity index is 1.64. The van der Waals surface area contributed by atoms with E-state index in [1.165, 1.54) is 9.21 Å². The molecule has 0 bridgehead atoms. The Hall–Kier alpha value is -2.11. The number of hydrogen-bond acceptors (Lipinski definition) is 4. The molecule has 0 aromatic heterocycles. The number of anilines is 1. The predicted molar refractivity (Wildman–Crippen MR) is 79.0 cm³/mol. The van der Waals surface area contributed by atoms with Gasteiger partial charge >= 0.3 is 11.8 Å². The molecule has 1 aromatic carbocycles. The van der Waals surface area contributed by atoms with Gasteiger partial charge < -0.3 is 10.2 Å². The van der Waals surface area contributed by atoms with Crippen molar-refractivity contribution in [3.63, 3.8) is 0 Å².